The fourth-order valence-electron chi connectivity index (χ4n) is 2.92. The third kappa shape index (κ3) is 5.91. The Balaban J connectivity index is 1.95. The second-order valence-electron chi connectivity index (χ2n) is 5.90. The molecule has 0 aliphatic carbocycles. The summed E-state index contributed by atoms with van der Waals surface area (Å²) in [5, 5.41) is 3.68. The maximum Gasteiger partial charge on any atom is 0.137 e. The summed E-state index contributed by atoms with van der Waals surface area (Å²) >= 11 is 5.37. The first-order valence-corrected chi connectivity index (χ1v) is 9.89. The first kappa shape index (κ1) is 17.3. The predicted molar refractivity (Wildman–Crippen MR) is 94.6 cm³/mol. The molecule has 1 aromatic carbocycles. The summed E-state index contributed by atoms with van der Waals surface area (Å²) in [6.07, 6.45) is 6.09. The molecule has 1 aromatic rings. The lowest BCUT2D eigenvalue weighted by molar-refractivity contribution is 0.362. The highest BCUT2D eigenvalue weighted by Crippen LogP contribution is 2.27. The number of hydrogen-bond donors (Lipinski definition) is 1. The summed E-state index contributed by atoms with van der Waals surface area (Å²) in [6, 6.07) is 5.91. The molecule has 4 heteroatoms. The molecule has 1 atom stereocenters. The van der Waals surface area contributed by atoms with Crippen LogP contribution in [0.1, 0.15) is 38.2 Å². The zero-order valence-corrected chi connectivity index (χ0v) is 15.1. The van der Waals surface area contributed by atoms with Gasteiger partial charge in [-0.05, 0) is 89.7 Å². The Morgan fingerprint density at radius 3 is 2.81 bits per heavy atom. The number of benzene rings is 1. The van der Waals surface area contributed by atoms with Gasteiger partial charge in [0.1, 0.15) is 5.82 Å². The molecule has 1 N–H and O–H groups in total. The molecule has 1 heterocycles. The van der Waals surface area contributed by atoms with Crippen molar-refractivity contribution in [2.45, 2.75) is 45.1 Å². The lowest BCUT2D eigenvalue weighted by Gasteiger charge is -2.27. The van der Waals surface area contributed by atoms with Crippen LogP contribution in [0.25, 0.3) is 0 Å². The first-order chi connectivity index (χ1) is 10.2. The van der Waals surface area contributed by atoms with E-state index >= 15 is 0 Å². The third-order valence-electron chi connectivity index (χ3n) is 4.11. The minimum Gasteiger partial charge on any atom is -0.314 e. The molecule has 0 bridgehead atoms. The highest BCUT2D eigenvalue weighted by atomic mass is 79.9. The molecule has 1 aliphatic heterocycles. The van der Waals surface area contributed by atoms with E-state index in [2.05, 4.69) is 39.9 Å². The lowest BCUT2D eigenvalue weighted by atomic mass is 9.91. The van der Waals surface area contributed by atoms with Gasteiger partial charge in [0.25, 0.3) is 0 Å². The number of rotatable bonds is 7. The van der Waals surface area contributed by atoms with E-state index in [1.165, 1.54) is 36.3 Å². The highest BCUT2D eigenvalue weighted by molar-refractivity contribution is 9.10. The normalized spacial score (nSPS) is 17.9. The molecule has 21 heavy (non-hydrogen) atoms. The molecule has 0 saturated carbocycles. The van der Waals surface area contributed by atoms with Gasteiger partial charge >= 0.3 is 0 Å². The van der Waals surface area contributed by atoms with Crippen molar-refractivity contribution in [3.05, 3.63) is 34.1 Å². The van der Waals surface area contributed by atoms with Gasteiger partial charge in [-0.25, -0.2) is 4.39 Å². The molecular formula is C17H25BrFNS. The summed E-state index contributed by atoms with van der Waals surface area (Å²) in [6.45, 7) is 3.27. The SMILES string of the molecule is CCCNC(Cc1ccc(F)c(Br)c1)CC1CCSCC1. The van der Waals surface area contributed by atoms with Crippen molar-refractivity contribution < 1.29 is 4.39 Å². The summed E-state index contributed by atoms with van der Waals surface area (Å²) in [4.78, 5) is 0. The molecule has 0 aromatic heterocycles. The molecule has 2 rings (SSSR count). The summed E-state index contributed by atoms with van der Waals surface area (Å²) < 4.78 is 13.9. The van der Waals surface area contributed by atoms with Crippen molar-refractivity contribution in [3.63, 3.8) is 0 Å². The van der Waals surface area contributed by atoms with Gasteiger partial charge in [-0.15, -0.1) is 0 Å². The largest absolute Gasteiger partial charge is 0.314 e. The van der Waals surface area contributed by atoms with Gasteiger partial charge in [-0.1, -0.05) is 13.0 Å². The van der Waals surface area contributed by atoms with Crippen molar-refractivity contribution >= 4 is 27.7 Å². The third-order valence-corrected chi connectivity index (χ3v) is 5.76. The van der Waals surface area contributed by atoms with Gasteiger partial charge < -0.3 is 5.32 Å². The van der Waals surface area contributed by atoms with Gasteiger partial charge in [0.05, 0.1) is 4.47 Å². The molecule has 1 saturated heterocycles. The number of thioether (sulfide) groups is 1. The van der Waals surface area contributed by atoms with E-state index < -0.39 is 0 Å². The van der Waals surface area contributed by atoms with Crippen LogP contribution in [0.5, 0.6) is 0 Å². The van der Waals surface area contributed by atoms with Crippen molar-refractivity contribution in [2.75, 3.05) is 18.1 Å². The van der Waals surface area contributed by atoms with Crippen molar-refractivity contribution in [3.8, 4) is 0 Å². The van der Waals surface area contributed by atoms with Crippen LogP contribution >= 0.6 is 27.7 Å². The summed E-state index contributed by atoms with van der Waals surface area (Å²) in [7, 11) is 0. The van der Waals surface area contributed by atoms with E-state index in [9.17, 15) is 4.39 Å². The second kappa shape index (κ2) is 9.16. The Morgan fingerprint density at radius 1 is 1.38 bits per heavy atom. The number of nitrogens with one attached hydrogen (secondary N) is 1. The standard InChI is InChI=1S/C17H25BrFNS/c1-2-7-20-15(10-13-5-8-21-9-6-13)11-14-3-4-17(19)16(18)12-14/h3-4,12-13,15,20H,2,5-11H2,1H3. The Labute approximate surface area is 140 Å². The van der Waals surface area contributed by atoms with E-state index in [0.717, 1.165) is 25.3 Å². The smallest absolute Gasteiger partial charge is 0.137 e. The van der Waals surface area contributed by atoms with Crippen LogP contribution in [0.3, 0.4) is 0 Å². The maximum atomic E-state index is 13.3. The Hall–Kier alpha value is -0.0600. The second-order valence-corrected chi connectivity index (χ2v) is 7.97. The average Bonchev–Trinajstić information content (AvgIpc) is 2.49. The molecule has 0 amide bonds. The maximum absolute atomic E-state index is 13.3. The Bertz CT molecular complexity index is 435. The molecule has 1 unspecified atom stereocenters. The van der Waals surface area contributed by atoms with E-state index in [1.807, 2.05) is 12.1 Å². The fourth-order valence-corrected chi connectivity index (χ4v) is 4.55. The molecule has 0 radical (unpaired) electrons. The van der Waals surface area contributed by atoms with Crippen LogP contribution in [0.2, 0.25) is 0 Å². The van der Waals surface area contributed by atoms with E-state index in [0.29, 0.717) is 10.5 Å². The Kier molecular flexibility index (Phi) is 7.55. The van der Waals surface area contributed by atoms with Gasteiger partial charge in [0, 0.05) is 6.04 Å². The van der Waals surface area contributed by atoms with Gasteiger partial charge in [0.2, 0.25) is 0 Å². The monoisotopic (exact) mass is 373 g/mol. The van der Waals surface area contributed by atoms with E-state index in [-0.39, 0.29) is 5.82 Å². The molecule has 1 aliphatic rings. The summed E-state index contributed by atoms with van der Waals surface area (Å²) in [5.74, 6) is 3.30. The van der Waals surface area contributed by atoms with E-state index in [1.54, 1.807) is 6.07 Å². The molecule has 1 nitrogen and oxygen atoms in total. The average molecular weight is 374 g/mol. The number of halogens is 2. The van der Waals surface area contributed by atoms with Gasteiger partial charge in [-0.3, -0.25) is 0 Å². The Morgan fingerprint density at radius 2 is 2.14 bits per heavy atom. The van der Waals surface area contributed by atoms with Crippen LogP contribution in [0.4, 0.5) is 4.39 Å². The topological polar surface area (TPSA) is 12.0 Å². The van der Waals surface area contributed by atoms with Crippen LogP contribution < -0.4 is 5.32 Å². The van der Waals surface area contributed by atoms with Crippen molar-refractivity contribution in [1.29, 1.82) is 0 Å². The molecule has 0 spiro atoms. The predicted octanol–water partition coefficient (Wildman–Crippen LogP) is 5.03. The van der Waals surface area contributed by atoms with Crippen LogP contribution in [-0.2, 0) is 6.42 Å². The van der Waals surface area contributed by atoms with E-state index in [4.69, 9.17) is 0 Å². The zero-order valence-electron chi connectivity index (χ0n) is 12.7. The minimum atomic E-state index is -0.180. The van der Waals surface area contributed by atoms with Crippen LogP contribution in [0, 0.1) is 11.7 Å². The highest BCUT2D eigenvalue weighted by Gasteiger charge is 2.19. The summed E-state index contributed by atoms with van der Waals surface area (Å²) in [5.41, 5.74) is 1.21. The molecule has 1 fully saturated rings. The molecular weight excluding hydrogens is 349 g/mol. The van der Waals surface area contributed by atoms with Crippen LogP contribution in [0.15, 0.2) is 22.7 Å². The molecule has 118 valence electrons. The fraction of sp³-hybridized carbons (Fsp3) is 0.647. The van der Waals surface area contributed by atoms with Crippen molar-refractivity contribution in [1.82, 2.24) is 5.32 Å². The minimum absolute atomic E-state index is 0.180. The van der Waals surface area contributed by atoms with Gasteiger partial charge in [0.15, 0.2) is 0 Å². The quantitative estimate of drug-likeness (QED) is 0.718. The zero-order chi connectivity index (χ0) is 15.1. The van der Waals surface area contributed by atoms with Gasteiger partial charge in [-0.2, -0.15) is 11.8 Å². The first-order valence-electron chi connectivity index (χ1n) is 7.94. The van der Waals surface area contributed by atoms with Crippen molar-refractivity contribution in [2.24, 2.45) is 5.92 Å². The number of hydrogen-bond acceptors (Lipinski definition) is 2. The lowest BCUT2D eigenvalue weighted by Crippen LogP contribution is -2.34. The van der Waals surface area contributed by atoms with Crippen LogP contribution in [-0.4, -0.2) is 24.1 Å².